The SMILES string of the molecule is CN=C(N)NO[C@H]1[C@H](O)[C@@H](COC(=O)CC(=O)O)O[C@@H](O)[C@H]1OOc1cc(CCC(C)C)c2c(c1)[C@H]1Oc3cc4c(cc3[C@@H]1CO2)OCO4. The fourth-order valence-corrected chi connectivity index (χ4v) is 6.01. The summed E-state index contributed by atoms with van der Waals surface area (Å²) in [5, 5.41) is 30.8. The third-order valence-electron chi connectivity index (χ3n) is 8.53. The van der Waals surface area contributed by atoms with Gasteiger partial charge in [0.05, 0.1) is 12.5 Å². The lowest BCUT2D eigenvalue weighted by molar-refractivity contribution is -0.372. The molecule has 0 spiro atoms. The van der Waals surface area contributed by atoms with Crippen molar-refractivity contribution in [1.82, 2.24) is 5.48 Å². The Hall–Kier alpha value is -4.55. The number of aliphatic imine (C=N–C) groups is 1. The summed E-state index contributed by atoms with van der Waals surface area (Å²) >= 11 is 0. The number of aliphatic hydroxyl groups is 2. The lowest BCUT2D eigenvalue weighted by Crippen LogP contribution is -2.62. The van der Waals surface area contributed by atoms with Crippen LogP contribution in [0.3, 0.4) is 0 Å². The fraction of sp³-hybridized carbons (Fsp3) is 0.531. The molecule has 0 saturated carbocycles. The van der Waals surface area contributed by atoms with E-state index in [1.807, 2.05) is 12.1 Å². The van der Waals surface area contributed by atoms with Gasteiger partial charge in [-0.25, -0.2) is 5.48 Å². The Morgan fingerprint density at radius 1 is 1.06 bits per heavy atom. The largest absolute Gasteiger partial charge is 0.492 e. The summed E-state index contributed by atoms with van der Waals surface area (Å²) < 4.78 is 34.3. The Labute approximate surface area is 280 Å². The zero-order valence-corrected chi connectivity index (χ0v) is 27.0. The molecule has 0 radical (unpaired) electrons. The summed E-state index contributed by atoms with van der Waals surface area (Å²) in [5.74, 6) is 0.522. The summed E-state index contributed by atoms with van der Waals surface area (Å²) in [6, 6.07) is 7.23. The molecule has 1 fully saturated rings. The van der Waals surface area contributed by atoms with Gasteiger partial charge in [0, 0.05) is 24.2 Å². The number of aliphatic hydroxyl groups excluding tert-OH is 2. The minimum Gasteiger partial charge on any atom is -0.492 e. The number of hydrogen-bond acceptors (Lipinski definition) is 14. The number of carbonyl (C=O) groups excluding carboxylic acids is 1. The number of rotatable bonds is 12. The van der Waals surface area contributed by atoms with Crippen LogP contribution in [0.15, 0.2) is 29.3 Å². The van der Waals surface area contributed by atoms with Crippen molar-refractivity contribution in [2.75, 3.05) is 27.1 Å². The molecule has 2 aromatic rings. The molecule has 0 amide bonds. The normalized spacial score (nSPS) is 26.6. The second-order valence-corrected chi connectivity index (χ2v) is 12.4. The third-order valence-corrected chi connectivity index (χ3v) is 8.53. The minimum atomic E-state index is -1.78. The van der Waals surface area contributed by atoms with Gasteiger partial charge in [-0.2, -0.15) is 4.89 Å². The number of fused-ring (bicyclic) bond motifs is 6. The molecular weight excluding hydrogens is 650 g/mol. The van der Waals surface area contributed by atoms with Crippen molar-refractivity contribution in [1.29, 1.82) is 0 Å². The molecule has 0 aromatic heterocycles. The second kappa shape index (κ2) is 14.5. The number of carbonyl (C=O) groups is 2. The highest BCUT2D eigenvalue weighted by atomic mass is 17.2. The Morgan fingerprint density at radius 2 is 1.84 bits per heavy atom. The number of benzene rings is 2. The molecule has 4 aliphatic rings. The Kier molecular flexibility index (Phi) is 10.2. The van der Waals surface area contributed by atoms with Crippen LogP contribution in [0.4, 0.5) is 0 Å². The number of ether oxygens (including phenoxy) is 6. The van der Waals surface area contributed by atoms with E-state index in [4.69, 9.17) is 53.9 Å². The molecule has 4 heterocycles. The number of guanidine groups is 1. The van der Waals surface area contributed by atoms with Crippen LogP contribution >= 0.6 is 0 Å². The van der Waals surface area contributed by atoms with Gasteiger partial charge >= 0.3 is 11.9 Å². The summed E-state index contributed by atoms with van der Waals surface area (Å²) in [6.45, 7) is 4.18. The van der Waals surface area contributed by atoms with Gasteiger partial charge in [0.25, 0.3) is 0 Å². The van der Waals surface area contributed by atoms with Gasteiger partial charge in [0.1, 0.15) is 48.9 Å². The number of nitrogens with zero attached hydrogens (tertiary/aromatic N) is 1. The van der Waals surface area contributed by atoms with Crippen LogP contribution in [0, 0.1) is 5.92 Å². The predicted molar refractivity (Wildman–Crippen MR) is 165 cm³/mol. The average molecular weight is 690 g/mol. The van der Waals surface area contributed by atoms with E-state index < -0.39 is 61.8 Å². The summed E-state index contributed by atoms with van der Waals surface area (Å²) in [7, 11) is 1.39. The third kappa shape index (κ3) is 7.40. The molecule has 0 aliphatic carbocycles. The number of nitrogens with two attached hydrogens (primary N) is 1. The molecule has 7 atom stereocenters. The van der Waals surface area contributed by atoms with Crippen molar-refractivity contribution < 1.29 is 67.9 Å². The van der Waals surface area contributed by atoms with Gasteiger partial charge in [0.2, 0.25) is 12.8 Å². The molecule has 17 nitrogen and oxygen atoms in total. The van der Waals surface area contributed by atoms with E-state index in [0.29, 0.717) is 41.9 Å². The highest BCUT2D eigenvalue weighted by Crippen LogP contribution is 2.55. The quantitative estimate of drug-likeness (QED) is 0.0527. The van der Waals surface area contributed by atoms with Crippen molar-refractivity contribution in [3.63, 3.8) is 0 Å². The van der Waals surface area contributed by atoms with Crippen LogP contribution in [0.1, 0.15) is 55.4 Å². The van der Waals surface area contributed by atoms with Gasteiger partial charge in [-0.05, 0) is 42.5 Å². The first-order chi connectivity index (χ1) is 23.5. The van der Waals surface area contributed by atoms with E-state index in [2.05, 4.69) is 24.3 Å². The molecule has 49 heavy (non-hydrogen) atoms. The molecule has 6 rings (SSSR count). The number of nitrogens with one attached hydrogen (secondary N) is 1. The van der Waals surface area contributed by atoms with Crippen LogP contribution in [0.2, 0.25) is 0 Å². The number of aryl methyl sites for hydroxylation is 1. The Balaban J connectivity index is 1.23. The van der Waals surface area contributed by atoms with E-state index in [9.17, 15) is 19.8 Å². The Bertz CT molecular complexity index is 1580. The van der Waals surface area contributed by atoms with Crippen LogP contribution in [-0.2, 0) is 35.2 Å². The first-order valence-electron chi connectivity index (χ1n) is 15.8. The van der Waals surface area contributed by atoms with Gasteiger partial charge in [0.15, 0.2) is 29.6 Å². The van der Waals surface area contributed by atoms with Gasteiger partial charge in [-0.1, -0.05) is 13.8 Å². The van der Waals surface area contributed by atoms with E-state index in [1.165, 1.54) is 7.05 Å². The molecule has 0 unspecified atom stereocenters. The number of aliphatic carboxylic acids is 1. The summed E-state index contributed by atoms with van der Waals surface area (Å²) in [6.07, 6.45) is -7.38. The molecule has 4 aliphatic heterocycles. The standard InChI is InChI=1S/C32H39N3O14/c1-14(2)4-5-15-6-16(7-18-27(15)42-11-19-17-8-21-22(44-13-43-21)9-20(17)45-28(18)19)48-49-30-29(47-35-32(33)34-3)26(39)23(46-31(30)40)12-41-25(38)10-24(36)37/h6-9,14,19,23,26,28-31,39-40H,4-5,10-13H2,1-3H3,(H,36,37)(H3,33,34,35)/t19-,23+,26+,28+,29-,30-,31+/m0/s1. The topological polar surface area (TPSA) is 228 Å². The number of hydrogen-bond donors (Lipinski definition) is 5. The monoisotopic (exact) mass is 689 g/mol. The molecule has 17 heteroatoms. The van der Waals surface area contributed by atoms with Gasteiger partial charge < -0.3 is 54.4 Å². The molecular formula is C32H39N3O14. The smallest absolute Gasteiger partial charge is 0.317 e. The molecule has 266 valence electrons. The first kappa shape index (κ1) is 34.3. The van der Waals surface area contributed by atoms with Crippen LogP contribution in [-0.4, -0.2) is 91.0 Å². The van der Waals surface area contributed by atoms with Crippen molar-refractivity contribution in [3.8, 4) is 28.7 Å². The predicted octanol–water partition coefficient (Wildman–Crippen LogP) is 1.22. The van der Waals surface area contributed by atoms with Crippen molar-refractivity contribution in [3.05, 3.63) is 41.0 Å². The maximum Gasteiger partial charge on any atom is 0.317 e. The fourth-order valence-electron chi connectivity index (χ4n) is 6.01. The average Bonchev–Trinajstić information content (AvgIpc) is 3.68. The number of hydroxylamine groups is 1. The molecule has 1 saturated heterocycles. The highest BCUT2D eigenvalue weighted by Gasteiger charge is 2.49. The first-order valence-corrected chi connectivity index (χ1v) is 15.8. The maximum absolute atomic E-state index is 11.8. The van der Waals surface area contributed by atoms with Crippen LogP contribution in [0.5, 0.6) is 28.7 Å². The van der Waals surface area contributed by atoms with Gasteiger partial charge in [-0.15, -0.1) is 0 Å². The zero-order chi connectivity index (χ0) is 34.8. The highest BCUT2D eigenvalue weighted by molar-refractivity contribution is 5.90. The summed E-state index contributed by atoms with van der Waals surface area (Å²) in [4.78, 5) is 43.3. The Morgan fingerprint density at radius 3 is 2.57 bits per heavy atom. The van der Waals surface area contributed by atoms with Gasteiger partial charge in [-0.3, -0.25) is 19.4 Å². The molecule has 6 N–H and O–H groups in total. The number of carboxylic acids is 1. The van der Waals surface area contributed by atoms with Crippen molar-refractivity contribution in [2.24, 2.45) is 16.6 Å². The molecule has 2 aromatic carbocycles. The lowest BCUT2D eigenvalue weighted by atomic mass is 9.87. The minimum absolute atomic E-state index is 0.133. The van der Waals surface area contributed by atoms with Crippen LogP contribution < -0.4 is 35.0 Å². The van der Waals surface area contributed by atoms with Crippen molar-refractivity contribution in [2.45, 2.75) is 75.8 Å². The van der Waals surface area contributed by atoms with E-state index in [-0.39, 0.29) is 24.4 Å². The zero-order valence-electron chi connectivity index (χ0n) is 27.0. The summed E-state index contributed by atoms with van der Waals surface area (Å²) in [5.41, 5.74) is 10.6. The second-order valence-electron chi connectivity index (χ2n) is 12.4. The van der Waals surface area contributed by atoms with Crippen molar-refractivity contribution >= 4 is 17.9 Å². The number of carboxylic acid groups (broad SMARTS) is 1. The maximum atomic E-state index is 11.8. The van der Waals surface area contributed by atoms with E-state index in [1.54, 1.807) is 12.1 Å². The van der Waals surface area contributed by atoms with E-state index in [0.717, 1.165) is 23.1 Å². The van der Waals surface area contributed by atoms with Crippen LogP contribution in [0.25, 0.3) is 0 Å². The lowest BCUT2D eigenvalue weighted by Gasteiger charge is -2.40. The number of esters is 1. The van der Waals surface area contributed by atoms with E-state index >= 15 is 0 Å². The molecule has 0 bridgehead atoms.